The highest BCUT2D eigenvalue weighted by molar-refractivity contribution is 5.96. The first-order chi connectivity index (χ1) is 6.56. The number of H-pyrrole nitrogens is 1. The molecule has 1 heterocycles. The minimum absolute atomic E-state index is 0.159. The third-order valence-electron chi connectivity index (χ3n) is 1.61. The molecule has 6 heteroatoms. The van der Waals surface area contributed by atoms with Crippen LogP contribution in [-0.2, 0) is 0 Å². The molecule has 1 aromatic rings. The summed E-state index contributed by atoms with van der Waals surface area (Å²) < 4.78 is 5.08. The minimum Gasteiger partial charge on any atom is -0.465 e. The number of nitrogens with zero attached hydrogens (tertiary/aromatic N) is 2. The van der Waals surface area contributed by atoms with Crippen molar-refractivity contribution in [3.8, 4) is 6.01 Å². The Morgan fingerprint density at radius 3 is 2.79 bits per heavy atom. The zero-order chi connectivity index (χ0) is 10.7. The van der Waals surface area contributed by atoms with E-state index in [0.29, 0.717) is 6.61 Å². The lowest BCUT2D eigenvalue weighted by molar-refractivity contribution is 0.0823. The highest BCUT2D eigenvalue weighted by Gasteiger charge is 2.16. The Labute approximate surface area is 82.1 Å². The molecular formula is C8H14N4O2. The molecule has 0 aromatic carbocycles. The Kier molecular flexibility index (Phi) is 2.95. The first-order valence-electron chi connectivity index (χ1n) is 4.26. The second kappa shape index (κ2) is 3.99. The summed E-state index contributed by atoms with van der Waals surface area (Å²) in [6.07, 6.45) is 0. The van der Waals surface area contributed by atoms with E-state index in [-0.39, 0.29) is 23.4 Å². The van der Waals surface area contributed by atoms with E-state index >= 15 is 0 Å². The molecule has 0 saturated carbocycles. The van der Waals surface area contributed by atoms with Crippen LogP contribution in [0.1, 0.15) is 17.4 Å². The van der Waals surface area contributed by atoms with Gasteiger partial charge in [-0.05, 0) is 6.92 Å². The number of nitrogens with one attached hydrogen (secondary N) is 1. The van der Waals surface area contributed by atoms with Gasteiger partial charge in [-0.1, -0.05) is 0 Å². The maximum absolute atomic E-state index is 11.5. The fraction of sp³-hybridized carbons (Fsp3) is 0.500. The van der Waals surface area contributed by atoms with Crippen LogP contribution in [0.15, 0.2) is 0 Å². The van der Waals surface area contributed by atoms with Gasteiger partial charge < -0.3 is 20.4 Å². The summed E-state index contributed by atoms with van der Waals surface area (Å²) in [7, 11) is 3.28. The zero-order valence-electron chi connectivity index (χ0n) is 8.50. The largest absolute Gasteiger partial charge is 0.465 e. The quantitative estimate of drug-likeness (QED) is 0.721. The molecule has 78 valence electrons. The van der Waals surface area contributed by atoms with Crippen molar-refractivity contribution < 1.29 is 9.53 Å². The number of aromatic nitrogens is 2. The van der Waals surface area contributed by atoms with E-state index in [4.69, 9.17) is 10.5 Å². The van der Waals surface area contributed by atoms with Crippen LogP contribution < -0.4 is 10.5 Å². The van der Waals surface area contributed by atoms with E-state index < -0.39 is 0 Å². The maximum Gasteiger partial charge on any atom is 0.296 e. The lowest BCUT2D eigenvalue weighted by Crippen LogP contribution is -2.23. The van der Waals surface area contributed by atoms with E-state index in [2.05, 4.69) is 9.97 Å². The zero-order valence-corrected chi connectivity index (χ0v) is 8.50. The highest BCUT2D eigenvalue weighted by Crippen LogP contribution is 2.14. The molecule has 0 bridgehead atoms. The van der Waals surface area contributed by atoms with Crippen molar-refractivity contribution in [2.24, 2.45) is 0 Å². The van der Waals surface area contributed by atoms with Crippen molar-refractivity contribution in [3.63, 3.8) is 0 Å². The molecule has 1 aromatic heterocycles. The van der Waals surface area contributed by atoms with Crippen molar-refractivity contribution in [2.45, 2.75) is 6.92 Å². The molecule has 14 heavy (non-hydrogen) atoms. The number of nitrogens with two attached hydrogens (primary N) is 1. The van der Waals surface area contributed by atoms with E-state index in [0.717, 1.165) is 0 Å². The van der Waals surface area contributed by atoms with Crippen LogP contribution in [0.5, 0.6) is 6.01 Å². The van der Waals surface area contributed by atoms with E-state index in [1.165, 1.54) is 4.90 Å². The smallest absolute Gasteiger partial charge is 0.296 e. The second-order valence-corrected chi connectivity index (χ2v) is 2.93. The van der Waals surface area contributed by atoms with Gasteiger partial charge in [0.1, 0.15) is 0 Å². The predicted octanol–water partition coefficient (Wildman–Crippen LogP) is 0.0924. The van der Waals surface area contributed by atoms with Crippen LogP contribution in [-0.4, -0.2) is 41.5 Å². The normalized spacial score (nSPS) is 9.93. The van der Waals surface area contributed by atoms with Crippen LogP contribution in [0, 0.1) is 0 Å². The van der Waals surface area contributed by atoms with Crippen molar-refractivity contribution in [3.05, 3.63) is 5.69 Å². The van der Waals surface area contributed by atoms with Gasteiger partial charge in [0.15, 0.2) is 11.5 Å². The first kappa shape index (κ1) is 10.4. The summed E-state index contributed by atoms with van der Waals surface area (Å²) in [5.41, 5.74) is 5.80. The summed E-state index contributed by atoms with van der Waals surface area (Å²) in [6, 6.07) is 0.273. The molecule has 3 N–H and O–H groups in total. The van der Waals surface area contributed by atoms with Crippen LogP contribution in [0.3, 0.4) is 0 Å². The van der Waals surface area contributed by atoms with Crippen LogP contribution >= 0.6 is 0 Å². The fourth-order valence-electron chi connectivity index (χ4n) is 0.956. The fourth-order valence-corrected chi connectivity index (χ4v) is 0.956. The summed E-state index contributed by atoms with van der Waals surface area (Å²) in [6.45, 7) is 2.30. The molecule has 1 amide bonds. The van der Waals surface area contributed by atoms with Crippen molar-refractivity contribution in [1.82, 2.24) is 14.9 Å². The monoisotopic (exact) mass is 198 g/mol. The van der Waals surface area contributed by atoms with Gasteiger partial charge in [0.25, 0.3) is 11.9 Å². The van der Waals surface area contributed by atoms with Crippen molar-refractivity contribution >= 4 is 11.7 Å². The average molecular weight is 198 g/mol. The predicted molar refractivity (Wildman–Crippen MR) is 52.2 cm³/mol. The standard InChI is InChI=1S/C8H14N4O2/c1-4-14-8-10-5(6(9)11-8)7(13)12(2)3/h4,9H2,1-3H3,(H,10,11). The number of carbonyl (C=O) groups is 1. The number of hydrogen-bond acceptors (Lipinski definition) is 4. The number of nitrogen functional groups attached to an aromatic ring is 1. The second-order valence-electron chi connectivity index (χ2n) is 2.93. The summed E-state index contributed by atoms with van der Waals surface area (Å²) in [4.78, 5) is 19.5. The number of carbonyl (C=O) groups excluding carboxylic acids is 1. The van der Waals surface area contributed by atoms with Gasteiger partial charge in [0.05, 0.1) is 6.61 Å². The number of anilines is 1. The molecule has 0 spiro atoms. The van der Waals surface area contributed by atoms with Crippen molar-refractivity contribution in [1.29, 1.82) is 0 Å². The molecule has 0 fully saturated rings. The lowest BCUT2D eigenvalue weighted by Gasteiger charge is -2.07. The first-order valence-corrected chi connectivity index (χ1v) is 4.26. The highest BCUT2D eigenvalue weighted by atomic mass is 16.5. The molecular weight excluding hydrogens is 184 g/mol. The number of amides is 1. The SMILES string of the molecule is CCOc1nc(N)c(C(=O)N(C)C)[nH]1. The summed E-state index contributed by atoms with van der Waals surface area (Å²) in [5, 5.41) is 0. The third-order valence-corrected chi connectivity index (χ3v) is 1.61. The number of aromatic amines is 1. The molecule has 0 saturated heterocycles. The van der Waals surface area contributed by atoms with E-state index in [1.807, 2.05) is 6.92 Å². The number of hydrogen-bond donors (Lipinski definition) is 2. The topological polar surface area (TPSA) is 84.2 Å². The molecule has 0 atom stereocenters. The average Bonchev–Trinajstić information content (AvgIpc) is 2.46. The molecule has 0 aliphatic rings. The van der Waals surface area contributed by atoms with Crippen LogP contribution in [0.4, 0.5) is 5.82 Å². The molecule has 0 aliphatic heterocycles. The Morgan fingerprint density at radius 1 is 1.64 bits per heavy atom. The number of imidazole rings is 1. The minimum atomic E-state index is -0.221. The van der Waals surface area contributed by atoms with Gasteiger partial charge in [-0.25, -0.2) is 0 Å². The maximum atomic E-state index is 11.5. The summed E-state index contributed by atoms with van der Waals surface area (Å²) in [5.74, 6) is -0.0619. The van der Waals surface area contributed by atoms with Gasteiger partial charge in [0.2, 0.25) is 0 Å². The van der Waals surface area contributed by atoms with E-state index in [1.54, 1.807) is 14.1 Å². The van der Waals surface area contributed by atoms with E-state index in [9.17, 15) is 4.79 Å². The number of rotatable bonds is 3. The van der Waals surface area contributed by atoms with Crippen LogP contribution in [0.2, 0.25) is 0 Å². The Morgan fingerprint density at radius 2 is 2.29 bits per heavy atom. The van der Waals surface area contributed by atoms with Crippen LogP contribution in [0.25, 0.3) is 0 Å². The number of ether oxygens (including phenoxy) is 1. The van der Waals surface area contributed by atoms with Gasteiger partial charge >= 0.3 is 0 Å². The molecule has 0 unspecified atom stereocenters. The van der Waals surface area contributed by atoms with Gasteiger partial charge in [-0.3, -0.25) is 4.79 Å². The Hall–Kier alpha value is -1.72. The Balaban J connectivity index is 2.92. The summed E-state index contributed by atoms with van der Waals surface area (Å²) >= 11 is 0. The molecule has 6 nitrogen and oxygen atoms in total. The third kappa shape index (κ3) is 1.95. The Bertz CT molecular complexity index is 332. The molecule has 1 rings (SSSR count). The molecule has 0 aliphatic carbocycles. The van der Waals surface area contributed by atoms with Gasteiger partial charge in [0, 0.05) is 14.1 Å². The van der Waals surface area contributed by atoms with Gasteiger partial charge in [-0.15, -0.1) is 0 Å². The van der Waals surface area contributed by atoms with Gasteiger partial charge in [-0.2, -0.15) is 4.98 Å². The van der Waals surface area contributed by atoms with Crippen molar-refractivity contribution in [2.75, 3.05) is 26.4 Å². The lowest BCUT2D eigenvalue weighted by atomic mass is 10.4. The molecule has 0 radical (unpaired) electrons.